The van der Waals surface area contributed by atoms with E-state index in [1.54, 1.807) is 24.0 Å². The van der Waals surface area contributed by atoms with Crippen molar-refractivity contribution in [3.05, 3.63) is 23.0 Å². The first kappa shape index (κ1) is 13.1. The first-order valence-corrected chi connectivity index (χ1v) is 6.64. The van der Waals surface area contributed by atoms with Gasteiger partial charge in [0.1, 0.15) is 11.7 Å². The molecule has 3 rings (SSSR count). The second-order valence-corrected chi connectivity index (χ2v) is 6.50. The van der Waals surface area contributed by atoms with E-state index in [4.69, 9.17) is 46.4 Å². The Morgan fingerprint density at radius 3 is 2.47 bits per heavy atom. The van der Waals surface area contributed by atoms with Gasteiger partial charge >= 0.3 is 0 Å². The fourth-order valence-corrected chi connectivity index (χ4v) is 2.15. The summed E-state index contributed by atoms with van der Waals surface area (Å²) in [5.74, 6) is 1.92. The molecule has 0 bridgehead atoms. The number of hydrogen-bond donors (Lipinski definition) is 0. The Kier molecular flexibility index (Phi) is 2.98. The quantitative estimate of drug-likeness (QED) is 0.626. The molecule has 19 heavy (non-hydrogen) atoms. The smallest absolute Gasteiger partial charge is 0.244 e. The van der Waals surface area contributed by atoms with E-state index in [2.05, 4.69) is 20.0 Å². The number of nitrogens with zero attached hydrogens (tertiary/aromatic N) is 5. The van der Waals surface area contributed by atoms with E-state index in [0.29, 0.717) is 28.5 Å². The van der Waals surface area contributed by atoms with Crippen LogP contribution in [0.3, 0.4) is 0 Å². The van der Waals surface area contributed by atoms with Crippen molar-refractivity contribution in [1.29, 1.82) is 0 Å². The number of guanidine groups is 1. The van der Waals surface area contributed by atoms with Crippen molar-refractivity contribution >= 4 is 69.9 Å². The average molecular weight is 337 g/mol. The first-order chi connectivity index (χ1) is 8.86. The molecular weight excluding hydrogens is 332 g/mol. The number of alkyl halides is 3. The minimum atomic E-state index is -1.72. The summed E-state index contributed by atoms with van der Waals surface area (Å²) >= 11 is 23.5. The highest BCUT2D eigenvalue weighted by atomic mass is 35.6. The van der Waals surface area contributed by atoms with Crippen molar-refractivity contribution in [1.82, 2.24) is 4.90 Å². The van der Waals surface area contributed by atoms with Crippen LogP contribution in [0.15, 0.2) is 43.0 Å². The SMILES string of the molecule is CC1=NC2=NC(C(Cl)(Cl)Cl)=NC3=CC=C(Cl)C(=N1)N32. The third-order valence-corrected chi connectivity index (χ3v) is 3.24. The summed E-state index contributed by atoms with van der Waals surface area (Å²) in [5, 5.41) is 0.471. The van der Waals surface area contributed by atoms with Gasteiger partial charge in [-0.1, -0.05) is 46.4 Å². The van der Waals surface area contributed by atoms with Crippen molar-refractivity contribution in [3.8, 4) is 0 Å². The highest BCUT2D eigenvalue weighted by molar-refractivity contribution is 6.77. The summed E-state index contributed by atoms with van der Waals surface area (Å²) in [5.41, 5.74) is 0. The van der Waals surface area contributed by atoms with Crippen LogP contribution in [0.5, 0.6) is 0 Å². The lowest BCUT2D eigenvalue weighted by Gasteiger charge is -2.32. The van der Waals surface area contributed by atoms with E-state index in [1.807, 2.05) is 0 Å². The van der Waals surface area contributed by atoms with Gasteiger partial charge in [-0.05, 0) is 19.1 Å². The summed E-state index contributed by atoms with van der Waals surface area (Å²) in [7, 11) is 0. The van der Waals surface area contributed by atoms with Gasteiger partial charge in [-0.15, -0.1) is 0 Å². The molecule has 3 aliphatic rings. The zero-order valence-corrected chi connectivity index (χ0v) is 12.4. The standard InChI is InChI=1S/C10H5Cl4N5/c1-4-15-7-5(11)2-3-6-17-8(10(12,13)14)18-9(16-4)19(6)7/h2-3H,1H3. The van der Waals surface area contributed by atoms with Crippen LogP contribution in [0.2, 0.25) is 0 Å². The summed E-state index contributed by atoms with van der Waals surface area (Å²) < 4.78 is -1.72. The molecule has 0 atom stereocenters. The molecule has 0 aliphatic carbocycles. The van der Waals surface area contributed by atoms with Crippen molar-refractivity contribution in [2.45, 2.75) is 10.7 Å². The molecule has 3 aliphatic heterocycles. The van der Waals surface area contributed by atoms with Crippen LogP contribution in [0, 0.1) is 0 Å². The van der Waals surface area contributed by atoms with Crippen LogP contribution >= 0.6 is 46.4 Å². The number of allylic oxidation sites excluding steroid dienone is 2. The molecule has 0 saturated carbocycles. The van der Waals surface area contributed by atoms with E-state index < -0.39 is 3.79 Å². The number of rotatable bonds is 0. The molecule has 5 nitrogen and oxygen atoms in total. The lowest BCUT2D eigenvalue weighted by atomic mass is 10.2. The summed E-state index contributed by atoms with van der Waals surface area (Å²) in [6, 6.07) is 0. The summed E-state index contributed by atoms with van der Waals surface area (Å²) in [6.45, 7) is 1.73. The Balaban J connectivity index is 2.20. The number of hydrogen-bond acceptors (Lipinski definition) is 5. The van der Waals surface area contributed by atoms with Crippen LogP contribution in [-0.4, -0.2) is 32.2 Å². The fourth-order valence-electron chi connectivity index (χ4n) is 1.70. The lowest BCUT2D eigenvalue weighted by molar-refractivity contribution is 0.706. The Bertz CT molecular complexity index is 647. The van der Waals surface area contributed by atoms with E-state index in [-0.39, 0.29) is 5.84 Å². The van der Waals surface area contributed by atoms with Crippen LogP contribution in [0.1, 0.15) is 6.92 Å². The van der Waals surface area contributed by atoms with Gasteiger partial charge in [0, 0.05) is 0 Å². The average Bonchev–Trinajstić information content (AvgIpc) is 2.31. The summed E-state index contributed by atoms with van der Waals surface area (Å²) in [6.07, 6.45) is 3.36. The highest BCUT2D eigenvalue weighted by Gasteiger charge is 2.38. The van der Waals surface area contributed by atoms with Crippen molar-refractivity contribution < 1.29 is 0 Å². The molecule has 0 aromatic rings. The van der Waals surface area contributed by atoms with E-state index in [9.17, 15) is 0 Å². The lowest BCUT2D eigenvalue weighted by Crippen LogP contribution is -2.43. The monoisotopic (exact) mass is 335 g/mol. The molecule has 0 unspecified atom stereocenters. The minimum absolute atomic E-state index is 0.0548. The Morgan fingerprint density at radius 2 is 1.79 bits per heavy atom. The molecule has 0 radical (unpaired) electrons. The van der Waals surface area contributed by atoms with Crippen molar-refractivity contribution in [2.24, 2.45) is 20.0 Å². The second-order valence-electron chi connectivity index (χ2n) is 3.81. The Hall–Kier alpha value is -0.880. The number of aliphatic imine (C=N–C) groups is 4. The molecule has 98 valence electrons. The molecule has 0 amide bonds. The molecule has 0 spiro atoms. The van der Waals surface area contributed by atoms with Crippen LogP contribution in [0.25, 0.3) is 0 Å². The second kappa shape index (κ2) is 4.31. The van der Waals surface area contributed by atoms with Crippen molar-refractivity contribution in [2.75, 3.05) is 0 Å². The van der Waals surface area contributed by atoms with Crippen LogP contribution < -0.4 is 0 Å². The largest absolute Gasteiger partial charge is 0.250 e. The van der Waals surface area contributed by atoms with Gasteiger partial charge in [0.2, 0.25) is 9.75 Å². The van der Waals surface area contributed by atoms with Crippen LogP contribution in [0.4, 0.5) is 0 Å². The molecule has 0 aromatic heterocycles. The maximum absolute atomic E-state index is 6.10. The molecule has 0 N–H and O–H groups in total. The van der Waals surface area contributed by atoms with E-state index >= 15 is 0 Å². The predicted octanol–water partition coefficient (Wildman–Crippen LogP) is 3.23. The Labute approximate surface area is 128 Å². The minimum Gasteiger partial charge on any atom is -0.244 e. The topological polar surface area (TPSA) is 52.7 Å². The van der Waals surface area contributed by atoms with Gasteiger partial charge in [-0.2, -0.15) is 9.98 Å². The fraction of sp³-hybridized carbons (Fsp3) is 0.200. The van der Waals surface area contributed by atoms with Crippen LogP contribution in [-0.2, 0) is 0 Å². The third-order valence-electron chi connectivity index (χ3n) is 2.44. The van der Waals surface area contributed by atoms with Crippen molar-refractivity contribution in [3.63, 3.8) is 0 Å². The van der Waals surface area contributed by atoms with E-state index in [1.165, 1.54) is 0 Å². The highest BCUT2D eigenvalue weighted by Crippen LogP contribution is 2.34. The molecule has 0 aromatic carbocycles. The van der Waals surface area contributed by atoms with Gasteiger partial charge in [-0.3, -0.25) is 0 Å². The Morgan fingerprint density at radius 1 is 1.05 bits per heavy atom. The summed E-state index contributed by atoms with van der Waals surface area (Å²) in [4.78, 5) is 18.4. The molecule has 0 fully saturated rings. The maximum atomic E-state index is 6.10. The number of halogens is 4. The molecule has 9 heteroatoms. The molecular formula is C10H5Cl4N5. The molecule has 0 saturated heterocycles. The van der Waals surface area contributed by atoms with Gasteiger partial charge in [-0.25, -0.2) is 14.9 Å². The molecule has 3 heterocycles. The third kappa shape index (κ3) is 2.21. The maximum Gasteiger partial charge on any atom is 0.250 e. The van der Waals surface area contributed by atoms with E-state index in [0.717, 1.165) is 0 Å². The first-order valence-electron chi connectivity index (χ1n) is 5.13. The van der Waals surface area contributed by atoms with Gasteiger partial charge in [0.25, 0.3) is 0 Å². The van der Waals surface area contributed by atoms with Gasteiger partial charge < -0.3 is 0 Å². The number of amidine groups is 3. The van der Waals surface area contributed by atoms with Gasteiger partial charge in [0.15, 0.2) is 11.7 Å². The normalized spacial score (nSPS) is 21.6. The predicted molar refractivity (Wildman–Crippen MR) is 79.6 cm³/mol. The zero-order chi connectivity index (χ0) is 13.8. The zero-order valence-electron chi connectivity index (χ0n) is 9.40. The van der Waals surface area contributed by atoms with Gasteiger partial charge in [0.05, 0.1) is 5.03 Å².